The summed E-state index contributed by atoms with van der Waals surface area (Å²) in [6.45, 7) is 10.7. The molecule has 0 bridgehead atoms. The summed E-state index contributed by atoms with van der Waals surface area (Å²) >= 11 is 0. The molecule has 1 heterocycles. The summed E-state index contributed by atoms with van der Waals surface area (Å²) in [5.74, 6) is -0.346. The van der Waals surface area contributed by atoms with E-state index in [0.29, 0.717) is 12.0 Å². The van der Waals surface area contributed by atoms with E-state index in [4.69, 9.17) is 9.47 Å². The number of rotatable bonds is 1. The van der Waals surface area contributed by atoms with E-state index in [1.807, 2.05) is 13.8 Å². The van der Waals surface area contributed by atoms with Gasteiger partial charge in [-0.25, -0.2) is 0 Å². The van der Waals surface area contributed by atoms with Crippen LogP contribution in [0.15, 0.2) is 0 Å². The maximum atomic E-state index is 11.8. The zero-order valence-corrected chi connectivity index (χ0v) is 11.2. The van der Waals surface area contributed by atoms with Crippen LogP contribution in [-0.2, 0) is 14.3 Å². The van der Waals surface area contributed by atoms with E-state index in [9.17, 15) is 4.79 Å². The van der Waals surface area contributed by atoms with Gasteiger partial charge in [-0.1, -0.05) is 19.6 Å². The van der Waals surface area contributed by atoms with Crippen LogP contribution < -0.4 is 0 Å². The number of Topliss-reactive ketones (excluding diaryl/α,β-unsaturated/α-hetero) is 1. The van der Waals surface area contributed by atoms with E-state index in [2.05, 4.69) is 19.6 Å². The molecular formula is C11H20O3Si. The molecular weight excluding hydrogens is 208 g/mol. The lowest BCUT2D eigenvalue weighted by molar-refractivity contribution is -0.159. The van der Waals surface area contributed by atoms with Crippen LogP contribution in [-0.4, -0.2) is 31.9 Å². The van der Waals surface area contributed by atoms with Crippen molar-refractivity contribution in [1.82, 2.24) is 0 Å². The minimum Gasteiger partial charge on any atom is -0.344 e. The first kappa shape index (κ1) is 11.3. The number of hydrogen-bond donors (Lipinski definition) is 0. The predicted molar refractivity (Wildman–Crippen MR) is 60.5 cm³/mol. The Morgan fingerprint density at radius 2 is 1.87 bits per heavy atom. The van der Waals surface area contributed by atoms with Crippen LogP contribution in [0, 0.1) is 0 Å². The predicted octanol–water partition coefficient (Wildman–Crippen LogP) is 2.19. The highest BCUT2D eigenvalue weighted by atomic mass is 28.3. The van der Waals surface area contributed by atoms with Crippen molar-refractivity contribution in [3.63, 3.8) is 0 Å². The number of carbonyl (C=O) groups is 1. The number of carbonyl (C=O) groups excluding carboxylic acids is 1. The average Bonchev–Trinajstić information content (AvgIpc) is 2.45. The summed E-state index contributed by atoms with van der Waals surface area (Å²) in [7, 11) is -1.34. The van der Waals surface area contributed by atoms with E-state index in [0.717, 1.165) is 0 Å². The van der Waals surface area contributed by atoms with Crippen molar-refractivity contribution in [2.45, 2.75) is 63.4 Å². The Hall–Kier alpha value is -0.193. The van der Waals surface area contributed by atoms with E-state index < -0.39 is 13.9 Å². The van der Waals surface area contributed by atoms with Crippen LogP contribution >= 0.6 is 0 Å². The molecule has 2 rings (SSSR count). The summed E-state index contributed by atoms with van der Waals surface area (Å²) in [6.07, 6.45) is 0.372. The van der Waals surface area contributed by atoms with Crippen molar-refractivity contribution >= 4 is 13.9 Å². The number of hydrogen-bond acceptors (Lipinski definition) is 3. The molecule has 2 fully saturated rings. The van der Waals surface area contributed by atoms with Crippen molar-refractivity contribution in [3.05, 3.63) is 0 Å². The van der Waals surface area contributed by atoms with Crippen LogP contribution in [0.3, 0.4) is 0 Å². The van der Waals surface area contributed by atoms with Crippen molar-refractivity contribution in [3.8, 4) is 0 Å². The standard InChI is InChI=1S/C11H20O3Si/c1-11(2)13-9-7(12)6-8(10(9)14-11)15(3,4)5/h8-10H,6H2,1-5H3/t8-,9+,10-/m1/s1. The Morgan fingerprint density at radius 3 is 2.40 bits per heavy atom. The lowest BCUT2D eigenvalue weighted by Gasteiger charge is -2.29. The maximum absolute atomic E-state index is 11.8. The minimum absolute atomic E-state index is 0.0131. The zero-order chi connectivity index (χ0) is 11.4. The van der Waals surface area contributed by atoms with Crippen LogP contribution in [0.2, 0.25) is 25.2 Å². The van der Waals surface area contributed by atoms with Crippen LogP contribution in [0.25, 0.3) is 0 Å². The molecule has 1 saturated heterocycles. The molecule has 0 aromatic rings. The molecule has 3 atom stereocenters. The van der Waals surface area contributed by atoms with Crippen LogP contribution in [0.1, 0.15) is 20.3 Å². The molecule has 0 unspecified atom stereocenters. The molecule has 4 heteroatoms. The fourth-order valence-corrected chi connectivity index (χ4v) is 4.62. The highest BCUT2D eigenvalue weighted by Gasteiger charge is 2.56. The third kappa shape index (κ3) is 1.90. The third-order valence-corrected chi connectivity index (χ3v) is 6.13. The Labute approximate surface area is 92.1 Å². The monoisotopic (exact) mass is 228 g/mol. The Morgan fingerprint density at radius 1 is 1.27 bits per heavy atom. The molecule has 0 radical (unpaired) electrons. The number of fused-ring (bicyclic) bond motifs is 1. The smallest absolute Gasteiger partial charge is 0.164 e. The van der Waals surface area contributed by atoms with Gasteiger partial charge in [0.1, 0.15) is 6.10 Å². The van der Waals surface area contributed by atoms with Gasteiger partial charge in [-0.05, 0) is 19.4 Å². The largest absolute Gasteiger partial charge is 0.344 e. The summed E-state index contributed by atoms with van der Waals surface area (Å²) in [4.78, 5) is 11.8. The average molecular weight is 228 g/mol. The highest BCUT2D eigenvalue weighted by Crippen LogP contribution is 2.46. The van der Waals surface area contributed by atoms with Gasteiger partial charge < -0.3 is 9.47 Å². The molecule has 1 aliphatic carbocycles. The summed E-state index contributed by atoms with van der Waals surface area (Å²) in [5, 5.41) is 0. The summed E-state index contributed by atoms with van der Waals surface area (Å²) in [5.41, 5.74) is 0.414. The Balaban J connectivity index is 2.23. The van der Waals surface area contributed by atoms with Crippen molar-refractivity contribution in [1.29, 1.82) is 0 Å². The quantitative estimate of drug-likeness (QED) is 0.645. The van der Waals surface area contributed by atoms with E-state index in [1.165, 1.54) is 0 Å². The van der Waals surface area contributed by atoms with Gasteiger partial charge in [0.2, 0.25) is 0 Å². The molecule has 1 saturated carbocycles. The molecule has 1 aliphatic heterocycles. The molecule has 15 heavy (non-hydrogen) atoms. The molecule has 0 aromatic heterocycles. The first-order chi connectivity index (χ1) is 6.71. The van der Waals surface area contributed by atoms with E-state index >= 15 is 0 Å². The molecule has 3 nitrogen and oxygen atoms in total. The molecule has 0 N–H and O–H groups in total. The second-order valence-corrected chi connectivity index (χ2v) is 11.6. The second-order valence-electron chi connectivity index (χ2n) is 6.16. The molecule has 0 spiro atoms. The first-order valence-electron chi connectivity index (χ1n) is 5.59. The van der Waals surface area contributed by atoms with Crippen LogP contribution in [0.5, 0.6) is 0 Å². The van der Waals surface area contributed by atoms with E-state index in [-0.39, 0.29) is 18.0 Å². The maximum Gasteiger partial charge on any atom is 0.164 e. The van der Waals surface area contributed by atoms with Gasteiger partial charge in [0.15, 0.2) is 11.6 Å². The van der Waals surface area contributed by atoms with Gasteiger partial charge in [0.25, 0.3) is 0 Å². The number of ketones is 1. The third-order valence-electron chi connectivity index (χ3n) is 3.38. The summed E-state index contributed by atoms with van der Waals surface area (Å²) < 4.78 is 11.5. The highest BCUT2D eigenvalue weighted by molar-refractivity contribution is 6.78. The lowest BCUT2D eigenvalue weighted by Crippen LogP contribution is -2.36. The summed E-state index contributed by atoms with van der Waals surface area (Å²) in [6, 6.07) is 0. The lowest BCUT2D eigenvalue weighted by atomic mass is 10.2. The van der Waals surface area contributed by atoms with Gasteiger partial charge >= 0.3 is 0 Å². The van der Waals surface area contributed by atoms with Gasteiger partial charge in [0, 0.05) is 6.42 Å². The molecule has 0 amide bonds. The molecule has 0 aromatic carbocycles. The fraction of sp³-hybridized carbons (Fsp3) is 0.909. The van der Waals surface area contributed by atoms with Gasteiger partial charge in [0.05, 0.1) is 14.2 Å². The SMILES string of the molecule is CC1(C)O[C@@H]2[C@H]([Si](C)(C)C)CC(=O)[C@@H]2O1. The fourth-order valence-electron chi connectivity index (χ4n) is 2.58. The van der Waals surface area contributed by atoms with Gasteiger partial charge in [-0.15, -0.1) is 0 Å². The zero-order valence-electron chi connectivity index (χ0n) is 10.2. The molecule has 86 valence electrons. The van der Waals surface area contributed by atoms with Crippen molar-refractivity contribution in [2.75, 3.05) is 0 Å². The van der Waals surface area contributed by atoms with Gasteiger partial charge in [-0.2, -0.15) is 0 Å². The first-order valence-corrected chi connectivity index (χ1v) is 9.17. The number of ether oxygens (including phenoxy) is 2. The second kappa shape index (κ2) is 3.15. The minimum atomic E-state index is -1.34. The Kier molecular flexibility index (Phi) is 2.37. The van der Waals surface area contributed by atoms with Gasteiger partial charge in [-0.3, -0.25) is 4.79 Å². The topological polar surface area (TPSA) is 35.5 Å². The Bertz CT molecular complexity index is 293. The van der Waals surface area contributed by atoms with Crippen molar-refractivity contribution in [2.24, 2.45) is 0 Å². The van der Waals surface area contributed by atoms with E-state index in [1.54, 1.807) is 0 Å². The van der Waals surface area contributed by atoms with Crippen molar-refractivity contribution < 1.29 is 14.3 Å². The molecule has 2 aliphatic rings. The normalized spacial score (nSPS) is 39.5. The van der Waals surface area contributed by atoms with Crippen LogP contribution in [0.4, 0.5) is 0 Å².